The van der Waals surface area contributed by atoms with Gasteiger partial charge in [0.2, 0.25) is 0 Å². The fourth-order valence-corrected chi connectivity index (χ4v) is 7.88. The lowest BCUT2D eigenvalue weighted by molar-refractivity contribution is -0.00000381. The van der Waals surface area contributed by atoms with Crippen molar-refractivity contribution in [3.8, 4) is 0 Å². The fraction of sp³-hybridized carbons (Fsp3) is 1.00. The van der Waals surface area contributed by atoms with E-state index in [1.165, 1.54) is 44.9 Å². The summed E-state index contributed by atoms with van der Waals surface area (Å²) in [5.41, 5.74) is 0. The molecule has 0 nitrogen and oxygen atoms in total. The maximum absolute atomic E-state index is 2.39. The van der Waals surface area contributed by atoms with Crippen molar-refractivity contribution in [3.63, 3.8) is 0 Å². The van der Waals surface area contributed by atoms with Gasteiger partial charge < -0.3 is 17.0 Å². The second-order valence-electron chi connectivity index (χ2n) is 5.30. The van der Waals surface area contributed by atoms with Crippen LogP contribution in [0.2, 0.25) is 0 Å². The molecule has 0 saturated carbocycles. The first kappa shape index (κ1) is 20.2. The van der Waals surface area contributed by atoms with Crippen molar-refractivity contribution in [3.05, 3.63) is 0 Å². The van der Waals surface area contributed by atoms with Crippen LogP contribution >= 0.6 is 7.26 Å². The van der Waals surface area contributed by atoms with E-state index in [4.69, 9.17) is 0 Å². The Morgan fingerprint density at radius 2 is 0.882 bits per heavy atom. The average Bonchev–Trinajstić information content (AvgIpc) is 2.31. The van der Waals surface area contributed by atoms with E-state index in [0.29, 0.717) is 0 Å². The van der Waals surface area contributed by atoms with Gasteiger partial charge in [0.1, 0.15) is 0 Å². The van der Waals surface area contributed by atoms with Crippen molar-refractivity contribution in [2.75, 3.05) is 24.6 Å². The summed E-state index contributed by atoms with van der Waals surface area (Å²) in [5, 5.41) is 0. The predicted octanol–water partition coefficient (Wildman–Crippen LogP) is 2.82. The SMILES string of the molecule is CCCC[P+](CCC)(CCCC)CCCC.[Br-]. The minimum absolute atomic E-state index is 0. The Hall–Kier alpha value is 0.910. The Bertz CT molecular complexity index is 126. The molecule has 0 aromatic heterocycles. The highest BCUT2D eigenvalue weighted by atomic mass is 79.9. The second-order valence-corrected chi connectivity index (χ2v) is 9.77. The lowest BCUT2D eigenvalue weighted by Crippen LogP contribution is -3.00. The molecular weight excluding hydrogens is 291 g/mol. The van der Waals surface area contributed by atoms with Crippen LogP contribution in [0.1, 0.15) is 72.6 Å². The third kappa shape index (κ3) is 9.48. The third-order valence-corrected chi connectivity index (χ3v) is 8.85. The van der Waals surface area contributed by atoms with Gasteiger partial charge in [-0.25, -0.2) is 0 Å². The van der Waals surface area contributed by atoms with Crippen molar-refractivity contribution < 1.29 is 17.0 Å². The van der Waals surface area contributed by atoms with Crippen molar-refractivity contribution in [2.24, 2.45) is 0 Å². The van der Waals surface area contributed by atoms with Gasteiger partial charge in [0.05, 0.1) is 24.6 Å². The normalized spacial score (nSPS) is 11.3. The minimum Gasteiger partial charge on any atom is -1.00 e. The quantitative estimate of drug-likeness (QED) is 0.513. The summed E-state index contributed by atoms with van der Waals surface area (Å²) in [6.45, 7) is 9.43. The maximum Gasteiger partial charge on any atom is 0.0594 e. The van der Waals surface area contributed by atoms with E-state index in [1.807, 2.05) is 0 Å². The Labute approximate surface area is 121 Å². The molecule has 0 aromatic rings. The molecule has 0 atom stereocenters. The molecule has 0 radical (unpaired) electrons. The zero-order valence-electron chi connectivity index (χ0n) is 12.6. The molecule has 0 fully saturated rings. The fourth-order valence-electron chi connectivity index (χ4n) is 2.63. The van der Waals surface area contributed by atoms with Crippen molar-refractivity contribution in [1.82, 2.24) is 0 Å². The molecule has 0 bridgehead atoms. The molecule has 0 N–H and O–H groups in total. The van der Waals surface area contributed by atoms with Gasteiger partial charge in [-0.15, -0.1) is 0 Å². The standard InChI is InChI=1S/C15H34P.BrH/c1-5-9-13-16(12-8-4,14-10-6-2)15-11-7-3;/h5-15H2,1-4H3;1H/q+1;/p-1. The zero-order chi connectivity index (χ0) is 12.3. The van der Waals surface area contributed by atoms with Crippen LogP contribution in [0.4, 0.5) is 0 Å². The number of unbranched alkanes of at least 4 members (excludes halogenated alkanes) is 3. The summed E-state index contributed by atoms with van der Waals surface area (Å²) in [6, 6.07) is 0. The molecule has 0 aliphatic heterocycles. The second kappa shape index (κ2) is 13.3. The molecule has 17 heavy (non-hydrogen) atoms. The van der Waals surface area contributed by atoms with Crippen LogP contribution in [0.5, 0.6) is 0 Å². The molecule has 0 unspecified atom stereocenters. The topological polar surface area (TPSA) is 0 Å². The van der Waals surface area contributed by atoms with E-state index < -0.39 is 7.26 Å². The molecule has 0 aromatic carbocycles. The van der Waals surface area contributed by atoms with Gasteiger partial charge >= 0.3 is 0 Å². The van der Waals surface area contributed by atoms with E-state index in [-0.39, 0.29) is 17.0 Å². The van der Waals surface area contributed by atoms with E-state index >= 15 is 0 Å². The van der Waals surface area contributed by atoms with E-state index in [1.54, 1.807) is 24.6 Å². The van der Waals surface area contributed by atoms with Gasteiger partial charge in [-0.2, -0.15) is 0 Å². The predicted molar refractivity (Wildman–Crippen MR) is 81.4 cm³/mol. The Morgan fingerprint density at radius 1 is 0.529 bits per heavy atom. The van der Waals surface area contributed by atoms with Gasteiger partial charge in [-0.3, -0.25) is 0 Å². The molecule has 0 aliphatic carbocycles. The van der Waals surface area contributed by atoms with E-state index in [9.17, 15) is 0 Å². The summed E-state index contributed by atoms with van der Waals surface area (Å²) >= 11 is 0. The summed E-state index contributed by atoms with van der Waals surface area (Å²) in [6.07, 6.45) is 16.4. The highest BCUT2D eigenvalue weighted by molar-refractivity contribution is 7.75. The third-order valence-electron chi connectivity index (χ3n) is 3.66. The largest absolute Gasteiger partial charge is 1.00 e. The first-order valence-electron chi connectivity index (χ1n) is 7.59. The Morgan fingerprint density at radius 3 is 1.12 bits per heavy atom. The summed E-state index contributed by atoms with van der Waals surface area (Å²) in [5.74, 6) is 0. The molecule has 0 saturated heterocycles. The van der Waals surface area contributed by atoms with Gasteiger partial charge in [-0.05, 0) is 25.7 Å². The molecule has 0 aliphatic rings. The lowest BCUT2D eigenvalue weighted by Gasteiger charge is -2.27. The molecule has 0 rings (SSSR count). The van der Waals surface area contributed by atoms with Crippen molar-refractivity contribution in [2.45, 2.75) is 72.6 Å². The van der Waals surface area contributed by atoms with Crippen LogP contribution in [0.3, 0.4) is 0 Å². The van der Waals surface area contributed by atoms with Gasteiger partial charge in [0.25, 0.3) is 0 Å². The highest BCUT2D eigenvalue weighted by Crippen LogP contribution is 2.61. The van der Waals surface area contributed by atoms with Gasteiger partial charge in [0.15, 0.2) is 0 Å². The molecule has 0 spiro atoms. The number of hydrogen-bond acceptors (Lipinski definition) is 0. The molecular formula is C15H34BrP. The van der Waals surface area contributed by atoms with Crippen molar-refractivity contribution in [1.29, 1.82) is 0 Å². The molecule has 0 heterocycles. The summed E-state index contributed by atoms with van der Waals surface area (Å²) in [7, 11) is -0.546. The molecule has 2 heteroatoms. The van der Waals surface area contributed by atoms with Crippen LogP contribution in [-0.2, 0) is 0 Å². The van der Waals surface area contributed by atoms with Crippen LogP contribution in [-0.4, -0.2) is 24.6 Å². The highest BCUT2D eigenvalue weighted by Gasteiger charge is 2.33. The number of rotatable bonds is 11. The smallest absolute Gasteiger partial charge is 0.0594 e. The first-order chi connectivity index (χ1) is 7.74. The Kier molecular flexibility index (Phi) is 15.9. The van der Waals surface area contributed by atoms with Crippen LogP contribution < -0.4 is 17.0 Å². The van der Waals surface area contributed by atoms with Crippen LogP contribution in [0.15, 0.2) is 0 Å². The lowest BCUT2D eigenvalue weighted by atomic mass is 10.4. The molecule has 106 valence electrons. The maximum atomic E-state index is 2.39. The zero-order valence-corrected chi connectivity index (χ0v) is 15.1. The number of halogens is 1. The van der Waals surface area contributed by atoms with Gasteiger partial charge in [0, 0.05) is 7.26 Å². The number of hydrogen-bond donors (Lipinski definition) is 0. The average molecular weight is 325 g/mol. The monoisotopic (exact) mass is 324 g/mol. The van der Waals surface area contributed by atoms with E-state index in [0.717, 1.165) is 0 Å². The minimum atomic E-state index is -0.546. The molecule has 0 amide bonds. The van der Waals surface area contributed by atoms with E-state index in [2.05, 4.69) is 27.7 Å². The van der Waals surface area contributed by atoms with Crippen molar-refractivity contribution >= 4 is 7.26 Å². The Balaban J connectivity index is 0. The summed E-state index contributed by atoms with van der Waals surface area (Å²) < 4.78 is 0. The van der Waals surface area contributed by atoms with Crippen LogP contribution in [0.25, 0.3) is 0 Å². The van der Waals surface area contributed by atoms with Crippen LogP contribution in [0, 0.1) is 0 Å². The first-order valence-corrected chi connectivity index (χ1v) is 10.1. The van der Waals surface area contributed by atoms with Gasteiger partial charge in [-0.1, -0.05) is 47.0 Å². The summed E-state index contributed by atoms with van der Waals surface area (Å²) in [4.78, 5) is 0.